The molecule has 0 aliphatic rings. The molecule has 6 nitrogen and oxygen atoms in total. The van der Waals surface area contributed by atoms with Crippen LogP contribution in [0.25, 0.3) is 5.69 Å². The Bertz CT molecular complexity index is 867. The van der Waals surface area contributed by atoms with Crippen LogP contribution in [-0.4, -0.2) is 25.4 Å². The van der Waals surface area contributed by atoms with Crippen LogP contribution in [0, 0.1) is 20.8 Å². The molecule has 0 radical (unpaired) electrons. The van der Waals surface area contributed by atoms with Gasteiger partial charge >= 0.3 is 0 Å². The van der Waals surface area contributed by atoms with Crippen molar-refractivity contribution in [1.29, 1.82) is 0 Å². The van der Waals surface area contributed by atoms with Gasteiger partial charge in [0, 0.05) is 12.7 Å². The van der Waals surface area contributed by atoms with Gasteiger partial charge in [-0.05, 0) is 31.9 Å². The first-order valence-corrected chi connectivity index (χ1v) is 7.70. The molecule has 0 spiro atoms. The van der Waals surface area contributed by atoms with E-state index in [2.05, 4.69) is 38.5 Å². The standard InChI is InChI=1S/C18H19N5O/c1-12-4-5-13(2)15(6-12)7-21-18(24)17-19-8-16(9-20-17)23-10-14(3)22-11-23/h4-6,8-11H,7H2,1-3H3,(H,21,24). The van der Waals surface area contributed by atoms with Crippen molar-refractivity contribution >= 4 is 5.91 Å². The number of aromatic nitrogens is 4. The Hall–Kier alpha value is -3.02. The Labute approximate surface area is 140 Å². The predicted octanol–water partition coefficient (Wildman–Crippen LogP) is 2.52. The van der Waals surface area contributed by atoms with E-state index in [4.69, 9.17) is 0 Å². The van der Waals surface area contributed by atoms with Gasteiger partial charge in [0.1, 0.15) is 0 Å². The van der Waals surface area contributed by atoms with Gasteiger partial charge in [-0.15, -0.1) is 0 Å². The Morgan fingerprint density at radius 1 is 1.12 bits per heavy atom. The lowest BCUT2D eigenvalue weighted by Crippen LogP contribution is -2.25. The average molecular weight is 321 g/mol. The number of carbonyl (C=O) groups is 1. The summed E-state index contributed by atoms with van der Waals surface area (Å²) in [7, 11) is 0. The van der Waals surface area contributed by atoms with E-state index in [0.717, 1.165) is 22.5 Å². The fraction of sp³-hybridized carbons (Fsp3) is 0.222. The summed E-state index contributed by atoms with van der Waals surface area (Å²) in [6.07, 6.45) is 6.79. The number of hydrogen-bond acceptors (Lipinski definition) is 4. The molecule has 24 heavy (non-hydrogen) atoms. The first-order chi connectivity index (χ1) is 11.5. The van der Waals surface area contributed by atoms with Crippen molar-refractivity contribution in [3.63, 3.8) is 0 Å². The summed E-state index contributed by atoms with van der Waals surface area (Å²) < 4.78 is 1.81. The van der Waals surface area contributed by atoms with Crippen LogP contribution in [0.3, 0.4) is 0 Å². The van der Waals surface area contributed by atoms with Crippen molar-refractivity contribution < 1.29 is 4.79 Å². The van der Waals surface area contributed by atoms with Crippen molar-refractivity contribution in [3.05, 3.63) is 71.3 Å². The maximum Gasteiger partial charge on any atom is 0.289 e. The Kier molecular flexibility index (Phi) is 4.37. The molecule has 6 heteroatoms. The molecule has 2 heterocycles. The summed E-state index contributed by atoms with van der Waals surface area (Å²) in [5, 5.41) is 2.86. The van der Waals surface area contributed by atoms with Crippen molar-refractivity contribution in [2.75, 3.05) is 0 Å². The highest BCUT2D eigenvalue weighted by Gasteiger charge is 2.10. The molecule has 1 aromatic carbocycles. The molecule has 0 unspecified atom stereocenters. The molecular formula is C18H19N5O. The lowest BCUT2D eigenvalue weighted by atomic mass is 10.1. The first kappa shape index (κ1) is 15.9. The summed E-state index contributed by atoms with van der Waals surface area (Å²) in [4.78, 5) is 24.7. The third-order valence-electron chi connectivity index (χ3n) is 3.80. The smallest absolute Gasteiger partial charge is 0.289 e. The Morgan fingerprint density at radius 2 is 1.88 bits per heavy atom. The number of benzene rings is 1. The van der Waals surface area contributed by atoms with E-state index >= 15 is 0 Å². The number of imidazole rings is 1. The lowest BCUT2D eigenvalue weighted by Gasteiger charge is -2.09. The molecule has 0 atom stereocenters. The molecule has 0 saturated carbocycles. The minimum absolute atomic E-state index is 0.154. The van der Waals surface area contributed by atoms with Gasteiger partial charge in [0.2, 0.25) is 5.82 Å². The van der Waals surface area contributed by atoms with E-state index < -0.39 is 0 Å². The molecule has 0 aliphatic heterocycles. The molecule has 0 aliphatic carbocycles. The molecular weight excluding hydrogens is 302 g/mol. The van der Waals surface area contributed by atoms with Gasteiger partial charge in [-0.2, -0.15) is 0 Å². The number of aryl methyl sites for hydroxylation is 3. The third-order valence-corrected chi connectivity index (χ3v) is 3.80. The van der Waals surface area contributed by atoms with Gasteiger partial charge in [-0.3, -0.25) is 4.79 Å². The fourth-order valence-electron chi connectivity index (χ4n) is 2.38. The van der Waals surface area contributed by atoms with E-state index in [-0.39, 0.29) is 11.7 Å². The molecule has 1 N–H and O–H groups in total. The van der Waals surface area contributed by atoms with E-state index in [1.54, 1.807) is 18.7 Å². The van der Waals surface area contributed by atoms with Crippen LogP contribution in [0.2, 0.25) is 0 Å². The molecule has 122 valence electrons. The van der Waals surface area contributed by atoms with Crippen LogP contribution in [0.15, 0.2) is 43.1 Å². The highest BCUT2D eigenvalue weighted by molar-refractivity contribution is 5.90. The van der Waals surface area contributed by atoms with Crippen LogP contribution >= 0.6 is 0 Å². The highest BCUT2D eigenvalue weighted by atomic mass is 16.2. The fourth-order valence-corrected chi connectivity index (χ4v) is 2.38. The largest absolute Gasteiger partial charge is 0.345 e. The number of carbonyl (C=O) groups excluding carboxylic acids is 1. The highest BCUT2D eigenvalue weighted by Crippen LogP contribution is 2.10. The second-order valence-corrected chi connectivity index (χ2v) is 5.80. The summed E-state index contributed by atoms with van der Waals surface area (Å²) in [6, 6.07) is 6.18. The van der Waals surface area contributed by atoms with Crippen LogP contribution in [0.1, 0.15) is 33.0 Å². The number of hydrogen-bond donors (Lipinski definition) is 1. The second-order valence-electron chi connectivity index (χ2n) is 5.80. The van der Waals surface area contributed by atoms with Crippen molar-refractivity contribution in [3.8, 4) is 5.69 Å². The summed E-state index contributed by atoms with van der Waals surface area (Å²) in [5.41, 5.74) is 5.08. The van der Waals surface area contributed by atoms with Crippen LogP contribution in [-0.2, 0) is 6.54 Å². The van der Waals surface area contributed by atoms with Crippen LogP contribution in [0.4, 0.5) is 0 Å². The van der Waals surface area contributed by atoms with Gasteiger partial charge in [0.25, 0.3) is 5.91 Å². The van der Waals surface area contributed by atoms with Gasteiger partial charge in [0.15, 0.2) is 0 Å². The number of nitrogens with zero attached hydrogens (tertiary/aromatic N) is 4. The molecule has 1 amide bonds. The van der Waals surface area contributed by atoms with Gasteiger partial charge in [0.05, 0.1) is 30.1 Å². The van der Waals surface area contributed by atoms with Crippen molar-refractivity contribution in [2.45, 2.75) is 27.3 Å². The topological polar surface area (TPSA) is 72.7 Å². The maximum atomic E-state index is 12.2. The molecule has 3 aromatic rings. The average Bonchev–Trinajstić information content (AvgIpc) is 3.02. The zero-order valence-corrected chi connectivity index (χ0v) is 13.9. The zero-order valence-electron chi connectivity index (χ0n) is 13.9. The predicted molar refractivity (Wildman–Crippen MR) is 91.0 cm³/mol. The molecule has 0 bridgehead atoms. The monoisotopic (exact) mass is 321 g/mol. The number of nitrogens with one attached hydrogen (secondary N) is 1. The second kappa shape index (κ2) is 6.62. The molecule has 0 fully saturated rings. The van der Waals surface area contributed by atoms with E-state index in [0.29, 0.717) is 6.54 Å². The van der Waals surface area contributed by atoms with Crippen LogP contribution in [0.5, 0.6) is 0 Å². The number of amides is 1. The summed E-state index contributed by atoms with van der Waals surface area (Å²) in [5.74, 6) is -0.134. The summed E-state index contributed by atoms with van der Waals surface area (Å²) in [6.45, 7) is 6.42. The maximum absolute atomic E-state index is 12.2. The SMILES string of the molecule is Cc1ccc(C)c(CNC(=O)c2ncc(-n3cnc(C)c3)cn2)c1. The van der Waals surface area contributed by atoms with Crippen LogP contribution < -0.4 is 5.32 Å². The van der Waals surface area contributed by atoms with Gasteiger partial charge in [-0.1, -0.05) is 23.8 Å². The zero-order chi connectivity index (χ0) is 17.1. The van der Waals surface area contributed by atoms with E-state index in [1.165, 1.54) is 5.56 Å². The van der Waals surface area contributed by atoms with Gasteiger partial charge < -0.3 is 9.88 Å². The minimum Gasteiger partial charge on any atom is -0.345 e. The summed E-state index contributed by atoms with van der Waals surface area (Å²) >= 11 is 0. The molecule has 3 rings (SSSR count). The third kappa shape index (κ3) is 3.48. The van der Waals surface area contributed by atoms with E-state index in [9.17, 15) is 4.79 Å². The normalized spacial score (nSPS) is 10.6. The van der Waals surface area contributed by atoms with Crippen molar-refractivity contribution in [2.24, 2.45) is 0 Å². The van der Waals surface area contributed by atoms with Gasteiger partial charge in [-0.25, -0.2) is 15.0 Å². The first-order valence-electron chi connectivity index (χ1n) is 7.70. The Morgan fingerprint density at radius 3 is 2.54 bits per heavy atom. The quantitative estimate of drug-likeness (QED) is 0.801. The number of rotatable bonds is 4. The van der Waals surface area contributed by atoms with E-state index in [1.807, 2.05) is 31.5 Å². The minimum atomic E-state index is -0.288. The Balaban J connectivity index is 1.68. The lowest BCUT2D eigenvalue weighted by molar-refractivity contribution is 0.0940. The molecule has 2 aromatic heterocycles. The van der Waals surface area contributed by atoms with Crippen molar-refractivity contribution in [1.82, 2.24) is 24.8 Å². The molecule has 0 saturated heterocycles.